The zero-order valence-corrected chi connectivity index (χ0v) is 30.6. The Hall–Kier alpha value is -6.94. The van der Waals surface area contributed by atoms with E-state index in [9.17, 15) is 0 Å². The van der Waals surface area contributed by atoms with Crippen molar-refractivity contribution in [2.75, 3.05) is 4.90 Å². The maximum absolute atomic E-state index is 6.43. The number of hydrogen-bond donors (Lipinski definition) is 0. The third-order valence-corrected chi connectivity index (χ3v) is 12.0. The van der Waals surface area contributed by atoms with Crippen LogP contribution in [0.5, 0.6) is 0 Å². The monoisotopic (exact) mass is 719 g/mol. The molecule has 0 fully saturated rings. The number of thiophene rings is 1. The van der Waals surface area contributed by atoms with Gasteiger partial charge in [0.05, 0.1) is 5.69 Å². The van der Waals surface area contributed by atoms with Gasteiger partial charge in [-0.2, -0.15) is 0 Å². The quantitative estimate of drug-likeness (QED) is 0.170. The van der Waals surface area contributed by atoms with E-state index in [2.05, 4.69) is 193 Å². The predicted octanol–water partition coefficient (Wildman–Crippen LogP) is 15.6. The van der Waals surface area contributed by atoms with Crippen LogP contribution in [0.3, 0.4) is 0 Å². The molecule has 0 atom stereocenters. The van der Waals surface area contributed by atoms with Gasteiger partial charge in [-0.05, 0) is 81.6 Å². The van der Waals surface area contributed by atoms with Gasteiger partial charge in [-0.3, -0.25) is 0 Å². The van der Waals surface area contributed by atoms with Crippen molar-refractivity contribution in [2.45, 2.75) is 0 Å². The lowest BCUT2D eigenvalue weighted by molar-refractivity contribution is 0.670. The molecule has 0 bridgehead atoms. The van der Waals surface area contributed by atoms with Crippen molar-refractivity contribution in [2.24, 2.45) is 0 Å². The molecule has 0 saturated heterocycles. The first-order valence-corrected chi connectivity index (χ1v) is 19.5. The zero-order chi connectivity index (χ0) is 36.3. The van der Waals surface area contributed by atoms with Crippen molar-refractivity contribution >= 4 is 81.3 Å². The Morgan fingerprint density at radius 3 is 1.76 bits per heavy atom. The lowest BCUT2D eigenvalue weighted by Gasteiger charge is -2.28. The maximum atomic E-state index is 6.43. The number of rotatable bonds is 6. The molecule has 0 aliphatic rings. The fourth-order valence-corrected chi connectivity index (χ4v) is 9.41. The summed E-state index contributed by atoms with van der Waals surface area (Å²) < 4.78 is 9.04. The molecule has 9 aromatic carbocycles. The summed E-state index contributed by atoms with van der Waals surface area (Å²) in [6.07, 6.45) is 0. The lowest BCUT2D eigenvalue weighted by atomic mass is 9.97. The molecular formula is C52H33NOS. The van der Waals surface area contributed by atoms with E-state index >= 15 is 0 Å². The van der Waals surface area contributed by atoms with Gasteiger partial charge in [0.1, 0.15) is 11.2 Å². The second kappa shape index (κ2) is 12.9. The largest absolute Gasteiger partial charge is 0.455 e. The van der Waals surface area contributed by atoms with Gasteiger partial charge in [-0.1, -0.05) is 152 Å². The summed E-state index contributed by atoms with van der Waals surface area (Å²) in [5.41, 5.74) is 12.1. The molecule has 2 nitrogen and oxygen atoms in total. The number of benzene rings is 9. The molecule has 0 N–H and O–H groups in total. The van der Waals surface area contributed by atoms with Gasteiger partial charge in [-0.15, -0.1) is 11.3 Å². The number of furan rings is 1. The first-order valence-electron chi connectivity index (χ1n) is 18.7. The van der Waals surface area contributed by atoms with Crippen molar-refractivity contribution in [3.63, 3.8) is 0 Å². The Morgan fingerprint density at radius 1 is 0.364 bits per heavy atom. The Balaban J connectivity index is 1.05. The number of hydrogen-bond acceptors (Lipinski definition) is 3. The van der Waals surface area contributed by atoms with E-state index in [0.717, 1.165) is 50.1 Å². The van der Waals surface area contributed by atoms with Gasteiger partial charge in [0.25, 0.3) is 0 Å². The molecule has 0 spiro atoms. The van der Waals surface area contributed by atoms with Gasteiger partial charge in [0.2, 0.25) is 0 Å². The average molecular weight is 720 g/mol. The van der Waals surface area contributed by atoms with Crippen LogP contribution < -0.4 is 4.90 Å². The molecule has 0 amide bonds. The van der Waals surface area contributed by atoms with Gasteiger partial charge in [-0.25, -0.2) is 0 Å². The number of anilines is 3. The third kappa shape index (κ3) is 5.32. The molecule has 258 valence electrons. The molecular weight excluding hydrogens is 687 g/mol. The number of fused-ring (bicyclic) bond motifs is 7. The summed E-state index contributed by atoms with van der Waals surface area (Å²) >= 11 is 1.86. The molecule has 0 aliphatic heterocycles. The molecule has 0 radical (unpaired) electrons. The van der Waals surface area contributed by atoms with Crippen molar-refractivity contribution < 1.29 is 4.42 Å². The first kappa shape index (κ1) is 31.6. The minimum absolute atomic E-state index is 0.908. The summed E-state index contributed by atoms with van der Waals surface area (Å²) in [5, 5.41) is 7.39. The van der Waals surface area contributed by atoms with Crippen LogP contribution in [0.4, 0.5) is 17.1 Å². The number of nitrogens with zero attached hydrogens (tertiary/aromatic N) is 1. The predicted molar refractivity (Wildman–Crippen MR) is 235 cm³/mol. The SMILES string of the molecule is c1ccc(N(c2ccc(-c3cccc4ccccc34)cc2)c2ccc(-c3cccc4c3oc3ccccc34)cc2)c(-c2ccc3c(c2)sc2ccccc23)c1. The van der Waals surface area contributed by atoms with Crippen molar-refractivity contribution in [3.8, 4) is 33.4 Å². The van der Waals surface area contributed by atoms with E-state index < -0.39 is 0 Å². The fourth-order valence-electron chi connectivity index (χ4n) is 8.27. The number of para-hydroxylation sites is 3. The van der Waals surface area contributed by atoms with E-state index in [-0.39, 0.29) is 0 Å². The summed E-state index contributed by atoms with van der Waals surface area (Å²) in [6, 6.07) is 72.2. The summed E-state index contributed by atoms with van der Waals surface area (Å²) in [6.45, 7) is 0. The third-order valence-electron chi connectivity index (χ3n) is 10.9. The highest BCUT2D eigenvalue weighted by molar-refractivity contribution is 7.25. The zero-order valence-electron chi connectivity index (χ0n) is 29.8. The Kier molecular flexibility index (Phi) is 7.39. The molecule has 11 rings (SSSR count). The molecule has 3 heteroatoms. The highest BCUT2D eigenvalue weighted by Crippen LogP contribution is 2.44. The van der Waals surface area contributed by atoms with Crippen molar-refractivity contribution in [1.29, 1.82) is 0 Å². The maximum Gasteiger partial charge on any atom is 0.143 e. The van der Waals surface area contributed by atoms with Crippen LogP contribution in [0.2, 0.25) is 0 Å². The highest BCUT2D eigenvalue weighted by atomic mass is 32.1. The van der Waals surface area contributed by atoms with Gasteiger partial charge in [0, 0.05) is 53.4 Å². The summed E-state index contributed by atoms with van der Waals surface area (Å²) in [5.74, 6) is 0. The molecule has 55 heavy (non-hydrogen) atoms. The van der Waals surface area contributed by atoms with Crippen molar-refractivity contribution in [3.05, 3.63) is 200 Å². The molecule has 2 aromatic heterocycles. The van der Waals surface area contributed by atoms with Crippen LogP contribution in [0, 0.1) is 0 Å². The van der Waals surface area contributed by atoms with E-state index in [1.807, 2.05) is 23.5 Å². The van der Waals surface area contributed by atoms with E-state index in [0.29, 0.717) is 0 Å². The van der Waals surface area contributed by atoms with Crippen LogP contribution >= 0.6 is 11.3 Å². The van der Waals surface area contributed by atoms with Crippen LogP contribution in [0.15, 0.2) is 205 Å². The van der Waals surface area contributed by atoms with E-state index in [4.69, 9.17) is 4.42 Å². The van der Waals surface area contributed by atoms with Gasteiger partial charge in [0.15, 0.2) is 0 Å². The normalized spacial score (nSPS) is 11.6. The Bertz CT molecular complexity index is 3200. The average Bonchev–Trinajstić information content (AvgIpc) is 3.83. The second-order valence-electron chi connectivity index (χ2n) is 14.1. The van der Waals surface area contributed by atoms with E-state index in [1.54, 1.807) is 0 Å². The molecule has 0 saturated carbocycles. The second-order valence-corrected chi connectivity index (χ2v) is 15.1. The van der Waals surface area contributed by atoms with Crippen LogP contribution in [0.1, 0.15) is 0 Å². The van der Waals surface area contributed by atoms with Crippen molar-refractivity contribution in [1.82, 2.24) is 0 Å². The molecule has 0 aliphatic carbocycles. The molecule has 2 heterocycles. The minimum Gasteiger partial charge on any atom is -0.455 e. The van der Waals surface area contributed by atoms with Crippen LogP contribution in [0.25, 0.3) is 86.3 Å². The van der Waals surface area contributed by atoms with Crippen LogP contribution in [-0.4, -0.2) is 0 Å². The molecule has 11 aromatic rings. The van der Waals surface area contributed by atoms with Gasteiger partial charge < -0.3 is 9.32 Å². The fraction of sp³-hybridized carbons (Fsp3) is 0. The Labute approximate surface area is 322 Å². The first-order chi connectivity index (χ1) is 27.3. The van der Waals surface area contributed by atoms with Gasteiger partial charge >= 0.3 is 0 Å². The standard InChI is InChI=1S/C52H33NOS/c1-2-13-40-34(11-1)12-9-17-41(40)35-23-28-38(29-24-35)53(39-30-25-36(26-31-39)43-18-10-19-47-44-15-4-7-21-49(44)54-52(43)47)48-20-6-3-14-42(48)37-27-32-46-45-16-5-8-22-50(45)55-51(46)33-37/h1-33H. The topological polar surface area (TPSA) is 16.4 Å². The lowest BCUT2D eigenvalue weighted by Crippen LogP contribution is -2.11. The minimum atomic E-state index is 0.908. The summed E-state index contributed by atoms with van der Waals surface area (Å²) in [4.78, 5) is 2.39. The smallest absolute Gasteiger partial charge is 0.143 e. The Morgan fingerprint density at radius 2 is 0.927 bits per heavy atom. The molecule has 0 unspecified atom stereocenters. The highest BCUT2D eigenvalue weighted by Gasteiger charge is 2.19. The van der Waals surface area contributed by atoms with E-state index in [1.165, 1.54) is 53.2 Å². The summed E-state index contributed by atoms with van der Waals surface area (Å²) in [7, 11) is 0. The van der Waals surface area contributed by atoms with Crippen LogP contribution in [-0.2, 0) is 0 Å².